The molecule has 0 N–H and O–H groups in total. The molecule has 0 atom stereocenters. The molecule has 0 bridgehead atoms. The SMILES string of the molecule is C[Si]1(C)c2ccccc2-c2c(-c3ccccc3)nc(-c3ccc(-n4c5ccccc5c5cc6c(cc54)sc4ccccc46)cc3)nc21. The van der Waals surface area contributed by atoms with Crippen LogP contribution >= 0.6 is 11.3 Å². The zero-order chi connectivity index (χ0) is 31.3. The van der Waals surface area contributed by atoms with Gasteiger partial charge in [-0.2, -0.15) is 0 Å². The van der Waals surface area contributed by atoms with Gasteiger partial charge >= 0.3 is 0 Å². The number of para-hydroxylation sites is 1. The largest absolute Gasteiger partial charge is 0.309 e. The summed E-state index contributed by atoms with van der Waals surface area (Å²) in [5.74, 6) is 0.789. The van der Waals surface area contributed by atoms with Crippen LogP contribution in [0.25, 0.3) is 81.4 Å². The average molecular weight is 636 g/mol. The molecule has 5 heteroatoms. The third-order valence-corrected chi connectivity index (χ3v) is 14.4. The van der Waals surface area contributed by atoms with E-state index in [1.807, 2.05) is 11.3 Å². The maximum Gasteiger partial charge on any atom is 0.159 e. The van der Waals surface area contributed by atoms with Crippen molar-refractivity contribution >= 4 is 71.9 Å². The zero-order valence-corrected chi connectivity index (χ0v) is 27.8. The van der Waals surface area contributed by atoms with Crippen molar-refractivity contribution in [2.24, 2.45) is 0 Å². The molecule has 4 heterocycles. The van der Waals surface area contributed by atoms with Gasteiger partial charge in [0.1, 0.15) is 8.07 Å². The van der Waals surface area contributed by atoms with Crippen molar-refractivity contribution in [1.82, 2.24) is 14.5 Å². The molecule has 1 aliphatic heterocycles. The van der Waals surface area contributed by atoms with Crippen LogP contribution in [0.5, 0.6) is 0 Å². The molecule has 47 heavy (non-hydrogen) atoms. The highest BCUT2D eigenvalue weighted by Crippen LogP contribution is 2.41. The van der Waals surface area contributed by atoms with Crippen molar-refractivity contribution in [2.45, 2.75) is 13.1 Å². The van der Waals surface area contributed by atoms with Gasteiger partial charge in [-0.3, -0.25) is 0 Å². The molecule has 6 aromatic carbocycles. The highest BCUT2D eigenvalue weighted by atomic mass is 32.1. The lowest BCUT2D eigenvalue weighted by Gasteiger charge is -2.19. The van der Waals surface area contributed by atoms with Gasteiger partial charge in [0, 0.05) is 58.6 Å². The Hall–Kier alpha value is -5.36. The second kappa shape index (κ2) is 9.82. The van der Waals surface area contributed by atoms with Crippen molar-refractivity contribution < 1.29 is 0 Å². The van der Waals surface area contributed by atoms with Gasteiger partial charge < -0.3 is 4.57 Å². The molecule has 10 rings (SSSR count). The van der Waals surface area contributed by atoms with Gasteiger partial charge in [-0.1, -0.05) is 104 Å². The molecule has 3 aromatic heterocycles. The van der Waals surface area contributed by atoms with Crippen molar-refractivity contribution in [1.29, 1.82) is 0 Å². The third kappa shape index (κ3) is 3.84. The van der Waals surface area contributed by atoms with E-state index in [0.717, 1.165) is 28.3 Å². The molecule has 1 aliphatic rings. The van der Waals surface area contributed by atoms with Gasteiger partial charge in [0.15, 0.2) is 5.82 Å². The van der Waals surface area contributed by atoms with E-state index in [1.54, 1.807) is 0 Å². The molecule has 0 spiro atoms. The zero-order valence-electron chi connectivity index (χ0n) is 26.0. The molecular weight excluding hydrogens is 607 g/mol. The maximum atomic E-state index is 5.37. The van der Waals surface area contributed by atoms with Crippen molar-refractivity contribution in [3.8, 4) is 39.5 Å². The predicted octanol–water partition coefficient (Wildman–Crippen LogP) is 10.1. The fourth-order valence-electron chi connectivity index (χ4n) is 7.70. The van der Waals surface area contributed by atoms with Gasteiger partial charge in [-0.15, -0.1) is 11.3 Å². The summed E-state index contributed by atoms with van der Waals surface area (Å²) in [6, 6.07) is 50.5. The first-order chi connectivity index (χ1) is 23.1. The summed E-state index contributed by atoms with van der Waals surface area (Å²) in [6.45, 7) is 4.84. The molecule has 0 saturated heterocycles. The molecule has 0 amide bonds. The summed E-state index contributed by atoms with van der Waals surface area (Å²) >= 11 is 1.87. The minimum absolute atomic E-state index is 0.789. The van der Waals surface area contributed by atoms with Crippen LogP contribution < -0.4 is 10.5 Å². The Balaban J connectivity index is 1.16. The molecule has 0 fully saturated rings. The topological polar surface area (TPSA) is 30.7 Å². The lowest BCUT2D eigenvalue weighted by atomic mass is 10.0. The number of rotatable bonds is 3. The minimum Gasteiger partial charge on any atom is -0.309 e. The van der Waals surface area contributed by atoms with Crippen LogP contribution in [-0.4, -0.2) is 22.6 Å². The minimum atomic E-state index is -2.02. The standard InChI is InChI=1S/C42H29N3SSi/c1-47(2)38-19-11-8-16-31(38)39-40(26-12-4-3-5-13-26)43-41(44-42(39)47)27-20-22-28(23-21-27)45-34-17-9-6-14-29(34)32-24-33-30-15-7-10-18-36(30)46-37(33)25-35(32)45/h3-25H,1-2H3. The first-order valence-electron chi connectivity index (χ1n) is 16.1. The van der Waals surface area contributed by atoms with Crippen molar-refractivity contribution in [2.75, 3.05) is 0 Å². The summed E-state index contributed by atoms with van der Waals surface area (Å²) in [4.78, 5) is 10.7. The predicted molar refractivity (Wildman–Crippen MR) is 202 cm³/mol. The second-order valence-electron chi connectivity index (χ2n) is 13.0. The van der Waals surface area contributed by atoms with Crippen LogP contribution in [0, 0.1) is 0 Å². The van der Waals surface area contributed by atoms with Crippen LogP contribution in [0.3, 0.4) is 0 Å². The van der Waals surface area contributed by atoms with Gasteiger partial charge in [-0.05, 0) is 59.3 Å². The number of hydrogen-bond acceptors (Lipinski definition) is 3. The molecule has 0 saturated carbocycles. The molecular formula is C42H29N3SSi. The summed E-state index contributed by atoms with van der Waals surface area (Å²) in [7, 11) is -2.02. The Morgan fingerprint density at radius 1 is 0.553 bits per heavy atom. The lowest BCUT2D eigenvalue weighted by Crippen LogP contribution is -2.50. The highest BCUT2D eigenvalue weighted by molar-refractivity contribution is 7.25. The van der Waals surface area contributed by atoms with E-state index in [-0.39, 0.29) is 0 Å². The van der Waals surface area contributed by atoms with E-state index in [4.69, 9.17) is 9.97 Å². The van der Waals surface area contributed by atoms with E-state index in [1.165, 1.54) is 63.6 Å². The lowest BCUT2D eigenvalue weighted by molar-refractivity contribution is 1.17. The summed E-state index contributed by atoms with van der Waals surface area (Å²) in [6.07, 6.45) is 0. The van der Waals surface area contributed by atoms with E-state index < -0.39 is 8.07 Å². The molecule has 9 aromatic rings. The van der Waals surface area contributed by atoms with Gasteiger partial charge in [-0.25, -0.2) is 9.97 Å². The number of fused-ring (bicyclic) bond motifs is 9. The highest BCUT2D eigenvalue weighted by Gasteiger charge is 2.41. The van der Waals surface area contributed by atoms with Crippen molar-refractivity contribution in [3.63, 3.8) is 0 Å². The summed E-state index contributed by atoms with van der Waals surface area (Å²) in [5, 5.41) is 7.86. The van der Waals surface area contributed by atoms with E-state index >= 15 is 0 Å². The third-order valence-electron chi connectivity index (χ3n) is 9.97. The van der Waals surface area contributed by atoms with E-state index in [2.05, 4.69) is 157 Å². The maximum absolute atomic E-state index is 5.37. The second-order valence-corrected chi connectivity index (χ2v) is 18.4. The van der Waals surface area contributed by atoms with Crippen LogP contribution in [0.15, 0.2) is 140 Å². The number of benzene rings is 6. The van der Waals surface area contributed by atoms with Gasteiger partial charge in [0.25, 0.3) is 0 Å². The fourth-order valence-corrected chi connectivity index (χ4v) is 11.7. The Labute approximate surface area is 277 Å². The molecule has 3 nitrogen and oxygen atoms in total. The average Bonchev–Trinajstić information content (AvgIpc) is 3.72. The monoisotopic (exact) mass is 635 g/mol. The van der Waals surface area contributed by atoms with Crippen LogP contribution in [-0.2, 0) is 0 Å². The van der Waals surface area contributed by atoms with Crippen molar-refractivity contribution in [3.05, 3.63) is 140 Å². The molecule has 0 unspecified atom stereocenters. The quantitative estimate of drug-likeness (QED) is 0.181. The number of nitrogens with zero attached hydrogens (tertiary/aromatic N) is 3. The van der Waals surface area contributed by atoms with E-state index in [0.29, 0.717) is 0 Å². The number of aromatic nitrogens is 3. The number of hydrogen-bond donors (Lipinski definition) is 0. The fraction of sp³-hybridized carbons (Fsp3) is 0.0476. The Morgan fingerprint density at radius 3 is 2.13 bits per heavy atom. The smallest absolute Gasteiger partial charge is 0.159 e. The van der Waals surface area contributed by atoms with E-state index in [9.17, 15) is 0 Å². The molecule has 0 radical (unpaired) electrons. The Morgan fingerprint density at radius 2 is 1.28 bits per heavy atom. The van der Waals surface area contributed by atoms with Crippen LogP contribution in [0.2, 0.25) is 13.1 Å². The summed E-state index contributed by atoms with van der Waals surface area (Å²) < 4.78 is 5.05. The normalized spacial score (nSPS) is 13.5. The summed E-state index contributed by atoms with van der Waals surface area (Å²) in [5.41, 5.74) is 9.25. The van der Waals surface area contributed by atoms with Crippen LogP contribution in [0.1, 0.15) is 0 Å². The van der Waals surface area contributed by atoms with Gasteiger partial charge in [0.2, 0.25) is 0 Å². The van der Waals surface area contributed by atoms with Crippen LogP contribution in [0.4, 0.5) is 0 Å². The number of thiophene rings is 1. The Bertz CT molecular complexity index is 2700. The van der Waals surface area contributed by atoms with Gasteiger partial charge in [0.05, 0.1) is 16.7 Å². The first-order valence-corrected chi connectivity index (χ1v) is 19.9. The Kier molecular flexibility index (Phi) is 5.60. The molecule has 222 valence electrons. The molecule has 0 aliphatic carbocycles. The first kappa shape index (κ1) is 26.8.